The third kappa shape index (κ3) is 7.32. The Morgan fingerprint density at radius 1 is 0.652 bits per heavy atom. The number of anilines is 3. The summed E-state index contributed by atoms with van der Waals surface area (Å²) in [7, 11) is 1.31. The highest BCUT2D eigenvalue weighted by Gasteiger charge is 2.26. The molecule has 0 bridgehead atoms. The number of aromatic nitrogens is 9. The van der Waals surface area contributed by atoms with Crippen LogP contribution in [0.3, 0.4) is 0 Å². The second kappa shape index (κ2) is 17.0. The number of fused-ring (bicyclic) bond motifs is 4. The van der Waals surface area contributed by atoms with Crippen molar-refractivity contribution in [3.63, 3.8) is 0 Å². The van der Waals surface area contributed by atoms with Crippen LogP contribution in [0.1, 0.15) is 22.0 Å². The zero-order valence-electron chi connectivity index (χ0n) is 35.8. The smallest absolute Gasteiger partial charge is 0.340 e. The molecular formula is C46H40F4N12O4. The standard InChI is InChI=1S/C23H20F2N8O.C23H20F2N4O3/c1-12-28-20-14(22-29-23(26)31-30-22)10-13(32-6-8-34-9-7-32)11-18(20)33(12)17-4-5-27-21-16(25)3-2-15(24)19(17)21;1-13-27-21-15(23(30)31-2)11-14(28-7-9-32-10-8-28)12-19(21)29(13)18-5-6-26-22-17(25)4-3-16(24)20(18)22/h2-5,10-11H,6-9H2,1H3,(H3,26,29,30,31);3-6,11-12H,7-10H2,1-2H3. The Morgan fingerprint density at radius 2 is 1.14 bits per heavy atom. The number of aryl methyl sites for hydroxylation is 2. The number of benzene rings is 4. The van der Waals surface area contributed by atoms with Gasteiger partial charge in [-0.1, -0.05) is 0 Å². The number of aromatic amines is 1. The molecule has 0 amide bonds. The van der Waals surface area contributed by atoms with Gasteiger partial charge in [-0.3, -0.25) is 24.2 Å². The number of methoxy groups -OCH3 is 1. The van der Waals surface area contributed by atoms with Crippen molar-refractivity contribution in [1.82, 2.24) is 44.3 Å². The van der Waals surface area contributed by atoms with Gasteiger partial charge in [-0.2, -0.15) is 4.98 Å². The summed E-state index contributed by atoms with van der Waals surface area (Å²) in [4.78, 5) is 38.7. The number of morpholine rings is 2. The lowest BCUT2D eigenvalue weighted by Gasteiger charge is -2.29. The van der Waals surface area contributed by atoms with Gasteiger partial charge in [0.25, 0.3) is 0 Å². The van der Waals surface area contributed by atoms with E-state index in [0.717, 1.165) is 35.6 Å². The van der Waals surface area contributed by atoms with Crippen molar-refractivity contribution in [3.8, 4) is 22.8 Å². The van der Waals surface area contributed by atoms with Crippen LogP contribution in [-0.4, -0.2) is 110 Å². The molecule has 11 rings (SSSR count). The highest BCUT2D eigenvalue weighted by Crippen LogP contribution is 2.37. The summed E-state index contributed by atoms with van der Waals surface area (Å²) in [6, 6.07) is 15.2. The number of H-pyrrole nitrogens is 1. The van der Waals surface area contributed by atoms with E-state index in [9.17, 15) is 22.4 Å². The van der Waals surface area contributed by atoms with Gasteiger partial charge >= 0.3 is 5.97 Å². The van der Waals surface area contributed by atoms with E-state index in [-0.39, 0.29) is 27.8 Å². The molecule has 2 aliphatic rings. The Kier molecular flexibility index (Phi) is 10.9. The van der Waals surface area contributed by atoms with Gasteiger partial charge in [-0.25, -0.2) is 32.3 Å². The first-order chi connectivity index (χ1) is 32.0. The summed E-state index contributed by atoms with van der Waals surface area (Å²) < 4.78 is 78.2. The number of hydrogen-bond acceptors (Lipinski definition) is 13. The molecule has 0 radical (unpaired) electrons. The number of nitrogens with one attached hydrogen (secondary N) is 1. The number of pyridine rings is 2. The molecule has 3 N–H and O–H groups in total. The number of carbonyl (C=O) groups excluding carboxylic acids is 1. The minimum Gasteiger partial charge on any atom is -0.465 e. The fourth-order valence-corrected chi connectivity index (χ4v) is 8.74. The summed E-state index contributed by atoms with van der Waals surface area (Å²) in [6.07, 6.45) is 2.90. The SMILES string of the molecule is COC(=O)c1cc(N2CCOCC2)cc2c1nc(C)n2-c1ccnc2c(F)ccc(F)c12.Cc1nc2c(-c3nc(N)n[nH]3)cc(N3CCOCC3)cc2n1-c1ccnc2c(F)ccc(F)c12. The first-order valence-electron chi connectivity index (χ1n) is 20.9. The maximum Gasteiger partial charge on any atom is 0.340 e. The molecular weight excluding hydrogens is 861 g/mol. The largest absolute Gasteiger partial charge is 0.465 e. The minimum absolute atomic E-state index is 0.0358. The predicted octanol–water partition coefficient (Wildman–Crippen LogP) is 7.15. The van der Waals surface area contributed by atoms with Gasteiger partial charge in [0.2, 0.25) is 5.95 Å². The average Bonchev–Trinajstić information content (AvgIpc) is 4.03. The molecule has 0 atom stereocenters. The van der Waals surface area contributed by atoms with E-state index in [2.05, 4.69) is 39.9 Å². The van der Waals surface area contributed by atoms with Gasteiger partial charge in [0, 0.05) is 55.5 Å². The molecule has 2 saturated heterocycles. The Hall–Kier alpha value is -7.71. The van der Waals surface area contributed by atoms with Gasteiger partial charge < -0.3 is 29.7 Å². The lowest BCUT2D eigenvalue weighted by atomic mass is 10.1. The number of nitrogen functional groups attached to an aromatic ring is 1. The number of ether oxygens (including phenoxy) is 3. The number of imidazole rings is 2. The molecule has 0 spiro atoms. The molecule has 0 unspecified atom stereocenters. The fraction of sp³-hybridized carbons (Fsp3) is 0.239. The van der Waals surface area contributed by atoms with E-state index in [1.54, 1.807) is 29.7 Å². The monoisotopic (exact) mass is 900 g/mol. The maximum absolute atomic E-state index is 15.0. The summed E-state index contributed by atoms with van der Waals surface area (Å²) in [6.45, 7) is 8.70. The van der Waals surface area contributed by atoms with Gasteiger partial charge in [0.15, 0.2) is 5.82 Å². The summed E-state index contributed by atoms with van der Waals surface area (Å²) in [5.41, 5.74) is 11.6. The maximum atomic E-state index is 15.0. The van der Waals surface area contributed by atoms with E-state index in [1.807, 2.05) is 29.7 Å². The highest BCUT2D eigenvalue weighted by atomic mass is 19.1. The van der Waals surface area contributed by atoms with Crippen LogP contribution >= 0.6 is 0 Å². The van der Waals surface area contributed by atoms with Crippen LogP contribution in [0.15, 0.2) is 73.1 Å². The Labute approximate surface area is 372 Å². The molecule has 0 saturated carbocycles. The van der Waals surface area contributed by atoms with Gasteiger partial charge in [-0.05, 0) is 74.5 Å². The van der Waals surface area contributed by atoms with E-state index >= 15 is 0 Å². The van der Waals surface area contributed by atoms with Gasteiger partial charge in [0.1, 0.15) is 57.0 Å². The number of hydrogen-bond donors (Lipinski definition) is 2. The third-order valence-electron chi connectivity index (χ3n) is 11.8. The summed E-state index contributed by atoms with van der Waals surface area (Å²) >= 11 is 0. The lowest BCUT2D eigenvalue weighted by Crippen LogP contribution is -2.36. The van der Waals surface area contributed by atoms with Crippen LogP contribution < -0.4 is 15.5 Å². The van der Waals surface area contributed by atoms with E-state index in [1.165, 1.54) is 19.5 Å². The van der Waals surface area contributed by atoms with Crippen molar-refractivity contribution >= 4 is 67.2 Å². The predicted molar refractivity (Wildman–Crippen MR) is 239 cm³/mol. The molecule has 5 aromatic heterocycles. The normalized spacial score (nSPS) is 14.3. The van der Waals surface area contributed by atoms with Crippen LogP contribution in [0.4, 0.5) is 34.9 Å². The van der Waals surface area contributed by atoms with Crippen molar-refractivity contribution in [2.24, 2.45) is 0 Å². The van der Waals surface area contributed by atoms with Crippen LogP contribution in [0.25, 0.3) is 66.6 Å². The highest BCUT2D eigenvalue weighted by molar-refractivity contribution is 6.05. The second-order valence-electron chi connectivity index (χ2n) is 15.6. The number of rotatable bonds is 6. The molecule has 9 aromatic rings. The average molecular weight is 901 g/mol. The second-order valence-corrected chi connectivity index (χ2v) is 15.6. The molecule has 7 heterocycles. The number of nitrogens with two attached hydrogens (primary N) is 1. The fourth-order valence-electron chi connectivity index (χ4n) is 8.74. The molecule has 0 aliphatic carbocycles. The molecule has 2 aliphatic heterocycles. The van der Waals surface area contributed by atoms with Crippen molar-refractivity contribution < 1.29 is 36.6 Å². The first-order valence-corrected chi connectivity index (χ1v) is 20.9. The van der Waals surface area contributed by atoms with Crippen LogP contribution in [-0.2, 0) is 14.2 Å². The van der Waals surface area contributed by atoms with E-state index in [0.29, 0.717) is 115 Å². The van der Waals surface area contributed by atoms with Crippen molar-refractivity contribution in [2.45, 2.75) is 13.8 Å². The van der Waals surface area contributed by atoms with E-state index in [4.69, 9.17) is 24.9 Å². The van der Waals surface area contributed by atoms with Crippen molar-refractivity contribution in [2.75, 3.05) is 75.2 Å². The third-order valence-corrected chi connectivity index (χ3v) is 11.8. The van der Waals surface area contributed by atoms with Gasteiger partial charge in [-0.15, -0.1) is 5.10 Å². The lowest BCUT2D eigenvalue weighted by molar-refractivity contribution is 0.0602. The zero-order chi connectivity index (χ0) is 45.8. The number of halogens is 4. The topological polar surface area (TPSA) is 180 Å². The summed E-state index contributed by atoms with van der Waals surface area (Å²) in [5.74, 6) is -1.18. The number of carbonyl (C=O) groups is 1. The van der Waals surface area contributed by atoms with E-state index < -0.39 is 29.2 Å². The Bertz CT molecular complexity index is 3360. The molecule has 20 heteroatoms. The van der Waals surface area contributed by atoms with Crippen LogP contribution in [0, 0.1) is 37.1 Å². The Morgan fingerprint density at radius 3 is 1.64 bits per heavy atom. The van der Waals surface area contributed by atoms with Gasteiger partial charge in [0.05, 0.1) is 72.3 Å². The molecule has 4 aromatic carbocycles. The van der Waals surface area contributed by atoms with Crippen LogP contribution in [0.2, 0.25) is 0 Å². The molecule has 2 fully saturated rings. The number of esters is 1. The van der Waals surface area contributed by atoms with Crippen LogP contribution in [0.5, 0.6) is 0 Å². The molecule has 336 valence electrons. The van der Waals surface area contributed by atoms with Crippen molar-refractivity contribution in [3.05, 3.63) is 114 Å². The summed E-state index contributed by atoms with van der Waals surface area (Å²) in [5, 5.41) is 6.96. The Balaban J connectivity index is 0.000000155. The minimum atomic E-state index is -0.616. The number of nitrogens with zero attached hydrogens (tertiary/aromatic N) is 10. The molecule has 16 nitrogen and oxygen atoms in total. The zero-order valence-corrected chi connectivity index (χ0v) is 35.8. The van der Waals surface area contributed by atoms with Crippen molar-refractivity contribution in [1.29, 1.82) is 0 Å². The first kappa shape index (κ1) is 42.3. The molecule has 66 heavy (non-hydrogen) atoms. The quantitative estimate of drug-likeness (QED) is 0.127.